The van der Waals surface area contributed by atoms with Crippen molar-refractivity contribution < 1.29 is 0 Å². The van der Waals surface area contributed by atoms with Gasteiger partial charge in [-0.2, -0.15) is 0 Å². The van der Waals surface area contributed by atoms with Crippen LogP contribution in [0.4, 0.5) is 0 Å². The lowest BCUT2D eigenvalue weighted by Crippen LogP contribution is -1.79. The fourth-order valence-electron chi connectivity index (χ4n) is 0.920. The van der Waals surface area contributed by atoms with Crippen LogP contribution in [0.15, 0.2) is 49.1 Å². The molecule has 0 aliphatic rings. The predicted molar refractivity (Wildman–Crippen MR) is 52.5 cm³/mol. The maximum atomic E-state index is 3.81. The average Bonchev–Trinajstić information content (AvgIpc) is 1.87. The summed E-state index contributed by atoms with van der Waals surface area (Å²) in [6, 6.07) is 0. The van der Waals surface area contributed by atoms with Crippen molar-refractivity contribution in [3.05, 3.63) is 49.1 Å². The zero-order valence-electron chi connectivity index (χ0n) is 7.27. The van der Waals surface area contributed by atoms with Crippen LogP contribution in [-0.4, -0.2) is 0 Å². The molecule has 0 aromatic carbocycles. The molecule has 0 nitrogen and oxygen atoms in total. The highest BCUT2D eigenvalue weighted by Crippen LogP contribution is 2.10. The van der Waals surface area contributed by atoms with Crippen LogP contribution in [0.5, 0.6) is 0 Å². The molecule has 0 radical (unpaired) electrons. The number of hydrogen-bond acceptors (Lipinski definition) is 0. The summed E-state index contributed by atoms with van der Waals surface area (Å²) in [4.78, 5) is 0. The SMILES string of the molecule is C=CCC(=CC(=C)C)CC=C. The van der Waals surface area contributed by atoms with E-state index in [1.165, 1.54) is 5.57 Å². The molecule has 0 unspecified atom stereocenters. The Morgan fingerprint density at radius 1 is 1.18 bits per heavy atom. The first-order chi connectivity index (χ1) is 5.20. The Labute approximate surface area is 69.6 Å². The van der Waals surface area contributed by atoms with Crippen LogP contribution in [0.25, 0.3) is 0 Å². The zero-order chi connectivity index (χ0) is 8.69. The Morgan fingerprint density at radius 3 is 1.91 bits per heavy atom. The highest BCUT2D eigenvalue weighted by molar-refractivity contribution is 5.21. The van der Waals surface area contributed by atoms with E-state index in [0.29, 0.717) is 0 Å². The number of rotatable bonds is 5. The molecule has 0 fully saturated rings. The molecule has 0 heterocycles. The summed E-state index contributed by atoms with van der Waals surface area (Å²) < 4.78 is 0. The maximum absolute atomic E-state index is 3.81. The van der Waals surface area contributed by atoms with E-state index in [4.69, 9.17) is 0 Å². The first-order valence-electron chi connectivity index (χ1n) is 3.77. The third-order valence-electron chi connectivity index (χ3n) is 1.26. The van der Waals surface area contributed by atoms with E-state index in [1.807, 2.05) is 19.1 Å². The Bertz CT molecular complexity index is 170. The van der Waals surface area contributed by atoms with Crippen LogP contribution >= 0.6 is 0 Å². The molecular formula is C11H16. The molecule has 0 N–H and O–H groups in total. The van der Waals surface area contributed by atoms with Crippen molar-refractivity contribution in [2.75, 3.05) is 0 Å². The Morgan fingerprint density at radius 2 is 1.64 bits per heavy atom. The molecule has 60 valence electrons. The van der Waals surface area contributed by atoms with Gasteiger partial charge in [0.2, 0.25) is 0 Å². The fraction of sp³-hybridized carbons (Fsp3) is 0.273. The molecule has 0 bridgehead atoms. The number of allylic oxidation sites excluding steroid dienone is 5. The fourth-order valence-corrected chi connectivity index (χ4v) is 0.920. The lowest BCUT2D eigenvalue weighted by atomic mass is 10.1. The molecule has 0 aromatic rings. The van der Waals surface area contributed by atoms with Gasteiger partial charge in [-0.3, -0.25) is 0 Å². The molecule has 0 heteroatoms. The lowest BCUT2D eigenvalue weighted by Gasteiger charge is -1.99. The van der Waals surface area contributed by atoms with Crippen LogP contribution in [0.3, 0.4) is 0 Å². The van der Waals surface area contributed by atoms with E-state index in [0.717, 1.165) is 18.4 Å². The van der Waals surface area contributed by atoms with Crippen LogP contribution in [-0.2, 0) is 0 Å². The van der Waals surface area contributed by atoms with Gasteiger partial charge in [-0.1, -0.05) is 36.0 Å². The van der Waals surface area contributed by atoms with E-state index >= 15 is 0 Å². The minimum absolute atomic E-state index is 0.929. The van der Waals surface area contributed by atoms with Crippen molar-refractivity contribution in [3.63, 3.8) is 0 Å². The third-order valence-corrected chi connectivity index (χ3v) is 1.26. The second kappa shape index (κ2) is 5.72. The minimum Gasteiger partial charge on any atom is -0.103 e. The summed E-state index contributed by atoms with van der Waals surface area (Å²) in [5.74, 6) is 0. The molecular weight excluding hydrogens is 132 g/mol. The van der Waals surface area contributed by atoms with Crippen LogP contribution in [0.1, 0.15) is 19.8 Å². The Kier molecular flexibility index (Phi) is 5.18. The standard InChI is InChI=1S/C11H16/c1-5-7-11(8-6-2)9-10(3)4/h5-6,9H,1-3,7-8H2,4H3. The largest absolute Gasteiger partial charge is 0.103 e. The molecule has 0 aliphatic heterocycles. The summed E-state index contributed by atoms with van der Waals surface area (Å²) in [5, 5.41) is 0. The van der Waals surface area contributed by atoms with Crippen LogP contribution in [0, 0.1) is 0 Å². The van der Waals surface area contributed by atoms with E-state index in [-0.39, 0.29) is 0 Å². The first-order valence-corrected chi connectivity index (χ1v) is 3.77. The van der Waals surface area contributed by atoms with Gasteiger partial charge in [-0.05, 0) is 19.8 Å². The van der Waals surface area contributed by atoms with Gasteiger partial charge in [0.25, 0.3) is 0 Å². The van der Waals surface area contributed by atoms with Crippen molar-refractivity contribution in [1.29, 1.82) is 0 Å². The second-order valence-corrected chi connectivity index (χ2v) is 2.63. The number of hydrogen-bond donors (Lipinski definition) is 0. The normalized spacial score (nSPS) is 8.45. The first kappa shape index (κ1) is 9.96. The summed E-state index contributed by atoms with van der Waals surface area (Å²) in [6.07, 6.45) is 7.75. The van der Waals surface area contributed by atoms with Gasteiger partial charge in [0, 0.05) is 0 Å². The quantitative estimate of drug-likeness (QED) is 0.412. The van der Waals surface area contributed by atoms with E-state index < -0.39 is 0 Å². The average molecular weight is 148 g/mol. The molecule has 0 rings (SSSR count). The maximum Gasteiger partial charge on any atom is -0.0135 e. The Hall–Kier alpha value is -1.04. The lowest BCUT2D eigenvalue weighted by molar-refractivity contribution is 1.11. The molecule has 0 atom stereocenters. The summed E-state index contributed by atoms with van der Waals surface area (Å²) in [7, 11) is 0. The van der Waals surface area contributed by atoms with Gasteiger partial charge in [0.05, 0.1) is 0 Å². The van der Waals surface area contributed by atoms with Gasteiger partial charge >= 0.3 is 0 Å². The smallest absolute Gasteiger partial charge is 0.0135 e. The molecule has 0 saturated heterocycles. The van der Waals surface area contributed by atoms with Crippen LogP contribution < -0.4 is 0 Å². The van der Waals surface area contributed by atoms with Crippen molar-refractivity contribution >= 4 is 0 Å². The van der Waals surface area contributed by atoms with Gasteiger partial charge in [0.1, 0.15) is 0 Å². The van der Waals surface area contributed by atoms with Crippen molar-refractivity contribution in [3.8, 4) is 0 Å². The van der Waals surface area contributed by atoms with Gasteiger partial charge in [-0.25, -0.2) is 0 Å². The van der Waals surface area contributed by atoms with E-state index in [1.54, 1.807) is 0 Å². The van der Waals surface area contributed by atoms with Crippen molar-refractivity contribution in [2.45, 2.75) is 19.8 Å². The summed E-state index contributed by atoms with van der Waals surface area (Å²) >= 11 is 0. The molecule has 0 saturated carbocycles. The Balaban J connectivity index is 4.17. The summed E-state index contributed by atoms with van der Waals surface area (Å²) in [6.45, 7) is 13.2. The van der Waals surface area contributed by atoms with E-state index in [9.17, 15) is 0 Å². The molecule has 0 amide bonds. The van der Waals surface area contributed by atoms with Gasteiger partial charge < -0.3 is 0 Å². The third kappa shape index (κ3) is 5.41. The second-order valence-electron chi connectivity index (χ2n) is 2.63. The van der Waals surface area contributed by atoms with Crippen LogP contribution in [0.2, 0.25) is 0 Å². The minimum atomic E-state index is 0.929. The van der Waals surface area contributed by atoms with Crippen molar-refractivity contribution in [2.24, 2.45) is 0 Å². The van der Waals surface area contributed by atoms with E-state index in [2.05, 4.69) is 25.8 Å². The molecule has 0 aliphatic carbocycles. The molecule has 0 spiro atoms. The summed E-state index contributed by atoms with van der Waals surface area (Å²) in [5.41, 5.74) is 2.41. The van der Waals surface area contributed by atoms with Gasteiger partial charge in [0.15, 0.2) is 0 Å². The zero-order valence-corrected chi connectivity index (χ0v) is 7.27. The van der Waals surface area contributed by atoms with Gasteiger partial charge in [-0.15, -0.1) is 13.2 Å². The predicted octanol–water partition coefficient (Wildman–Crippen LogP) is 3.64. The molecule has 11 heavy (non-hydrogen) atoms. The highest BCUT2D eigenvalue weighted by Gasteiger charge is 1.90. The monoisotopic (exact) mass is 148 g/mol. The molecule has 0 aromatic heterocycles. The topological polar surface area (TPSA) is 0 Å². The highest BCUT2D eigenvalue weighted by atomic mass is 14.0. The van der Waals surface area contributed by atoms with Crippen molar-refractivity contribution in [1.82, 2.24) is 0 Å².